The fourth-order valence-corrected chi connectivity index (χ4v) is 1.05. The maximum atomic E-state index is 12.2. The molecule has 0 saturated carbocycles. The lowest BCUT2D eigenvalue weighted by molar-refractivity contribution is -0.138. The zero-order valence-electron chi connectivity index (χ0n) is 7.44. The van der Waals surface area contributed by atoms with Crippen molar-refractivity contribution in [1.29, 1.82) is 0 Å². The highest BCUT2D eigenvalue weighted by molar-refractivity contribution is 5.76. The Hall–Kier alpha value is -1.73. The number of H-pyrrole nitrogens is 1. The molecular formula is C8H4F5NO2. The molecule has 0 unspecified atom stereocenters. The molecule has 0 fully saturated rings. The van der Waals surface area contributed by atoms with E-state index in [0.717, 1.165) is 0 Å². The summed E-state index contributed by atoms with van der Waals surface area (Å²) in [5.74, 6) is 0. The minimum absolute atomic E-state index is 0.104. The van der Waals surface area contributed by atoms with Gasteiger partial charge in [-0.15, -0.1) is 0 Å². The molecule has 0 bridgehead atoms. The lowest BCUT2D eigenvalue weighted by Crippen LogP contribution is -2.24. The van der Waals surface area contributed by atoms with Crippen LogP contribution in [0.25, 0.3) is 0 Å². The maximum absolute atomic E-state index is 12.2. The lowest BCUT2D eigenvalue weighted by atomic mass is 10.1. The minimum Gasteiger partial charge on any atom is -0.320 e. The number of rotatable bonds is 2. The molecule has 0 aliphatic heterocycles. The van der Waals surface area contributed by atoms with Crippen molar-refractivity contribution in [2.45, 2.75) is 12.6 Å². The average Bonchev–Trinajstić information content (AvgIpc) is 2.15. The van der Waals surface area contributed by atoms with Crippen LogP contribution in [0.2, 0.25) is 0 Å². The van der Waals surface area contributed by atoms with Gasteiger partial charge in [0.2, 0.25) is 0 Å². The third-order valence-corrected chi connectivity index (χ3v) is 1.75. The molecule has 0 amide bonds. The fourth-order valence-electron chi connectivity index (χ4n) is 1.05. The molecule has 1 N–H and O–H groups in total. The molecular weight excluding hydrogens is 237 g/mol. The fraction of sp³-hybridized carbons (Fsp3) is 0.250. The zero-order chi connectivity index (χ0) is 12.5. The summed E-state index contributed by atoms with van der Waals surface area (Å²) in [7, 11) is 0. The number of halogens is 5. The summed E-state index contributed by atoms with van der Waals surface area (Å²) in [5, 5.41) is 0. The van der Waals surface area contributed by atoms with E-state index in [4.69, 9.17) is 0 Å². The summed E-state index contributed by atoms with van der Waals surface area (Å²) in [4.78, 5) is 22.5. The van der Waals surface area contributed by atoms with Gasteiger partial charge >= 0.3 is 6.18 Å². The predicted molar refractivity (Wildman–Crippen MR) is 42.4 cm³/mol. The van der Waals surface area contributed by atoms with Crippen molar-refractivity contribution in [2.75, 3.05) is 0 Å². The molecule has 1 rings (SSSR count). The second-order valence-corrected chi connectivity index (χ2v) is 2.80. The summed E-state index contributed by atoms with van der Waals surface area (Å²) in [6.07, 6.45) is -8.39. The van der Waals surface area contributed by atoms with Crippen molar-refractivity contribution in [1.82, 2.24) is 4.98 Å². The molecule has 16 heavy (non-hydrogen) atoms. The monoisotopic (exact) mass is 241 g/mol. The van der Waals surface area contributed by atoms with Gasteiger partial charge in [0.05, 0.1) is 5.69 Å². The number of pyridine rings is 1. The third kappa shape index (κ3) is 2.26. The number of hydrogen-bond acceptors (Lipinski definition) is 2. The van der Waals surface area contributed by atoms with Crippen LogP contribution >= 0.6 is 0 Å². The molecule has 0 spiro atoms. The highest BCUT2D eigenvalue weighted by Crippen LogP contribution is 2.28. The second kappa shape index (κ2) is 4.03. The first-order valence-electron chi connectivity index (χ1n) is 3.85. The van der Waals surface area contributed by atoms with Gasteiger partial charge in [-0.05, 0) is 6.07 Å². The van der Waals surface area contributed by atoms with Crippen molar-refractivity contribution >= 4 is 6.29 Å². The largest absolute Gasteiger partial charge is 0.421 e. The van der Waals surface area contributed by atoms with Crippen LogP contribution in [0.1, 0.15) is 28.0 Å². The predicted octanol–water partition coefficient (Wildman–Crippen LogP) is 2.14. The van der Waals surface area contributed by atoms with Crippen molar-refractivity contribution in [3.05, 3.63) is 33.2 Å². The first-order chi connectivity index (χ1) is 7.27. The molecule has 1 aromatic heterocycles. The van der Waals surface area contributed by atoms with Crippen molar-refractivity contribution in [3.63, 3.8) is 0 Å². The van der Waals surface area contributed by atoms with E-state index < -0.39 is 35.0 Å². The van der Waals surface area contributed by atoms with Crippen LogP contribution in [-0.4, -0.2) is 11.3 Å². The van der Waals surface area contributed by atoms with E-state index in [2.05, 4.69) is 0 Å². The number of aromatic nitrogens is 1. The van der Waals surface area contributed by atoms with Crippen LogP contribution in [0.3, 0.4) is 0 Å². The van der Waals surface area contributed by atoms with Crippen LogP contribution in [0.5, 0.6) is 0 Å². The average molecular weight is 241 g/mol. The highest BCUT2D eigenvalue weighted by atomic mass is 19.4. The van der Waals surface area contributed by atoms with E-state index in [0.29, 0.717) is 0 Å². The number of hydrogen-bond donors (Lipinski definition) is 1. The minimum atomic E-state index is -4.99. The molecule has 0 atom stereocenters. The van der Waals surface area contributed by atoms with Crippen LogP contribution in [0.15, 0.2) is 10.9 Å². The molecule has 3 nitrogen and oxygen atoms in total. The summed E-state index contributed by atoms with van der Waals surface area (Å²) in [6, 6.07) is 0.104. The summed E-state index contributed by atoms with van der Waals surface area (Å²) >= 11 is 0. The van der Waals surface area contributed by atoms with Gasteiger partial charge in [0, 0.05) is 5.56 Å². The quantitative estimate of drug-likeness (QED) is 0.637. The van der Waals surface area contributed by atoms with Gasteiger partial charge in [-0.2, -0.15) is 13.2 Å². The Kier molecular flexibility index (Phi) is 3.11. The van der Waals surface area contributed by atoms with E-state index in [9.17, 15) is 31.5 Å². The molecule has 0 aromatic carbocycles. The van der Waals surface area contributed by atoms with Gasteiger partial charge < -0.3 is 4.98 Å². The molecule has 1 heterocycles. The normalized spacial score (nSPS) is 11.9. The Morgan fingerprint density at radius 2 is 1.88 bits per heavy atom. The molecule has 88 valence electrons. The summed E-state index contributed by atoms with van der Waals surface area (Å²) < 4.78 is 60.9. The van der Waals surface area contributed by atoms with Crippen LogP contribution in [0.4, 0.5) is 22.0 Å². The number of aldehydes is 1. The Morgan fingerprint density at radius 1 is 1.31 bits per heavy atom. The van der Waals surface area contributed by atoms with Crippen LogP contribution < -0.4 is 5.56 Å². The molecule has 1 aromatic rings. The summed E-state index contributed by atoms with van der Waals surface area (Å²) in [6.45, 7) is 0. The maximum Gasteiger partial charge on any atom is 0.421 e. The van der Waals surface area contributed by atoms with Gasteiger partial charge in [-0.3, -0.25) is 9.59 Å². The second-order valence-electron chi connectivity index (χ2n) is 2.80. The SMILES string of the molecule is O=Cc1cc(C(F)(F)F)c(=O)[nH]c1C(F)F. The van der Waals surface area contributed by atoms with E-state index >= 15 is 0 Å². The molecule has 0 aliphatic rings. The van der Waals surface area contributed by atoms with Gasteiger partial charge in [0.1, 0.15) is 5.56 Å². The molecule has 0 radical (unpaired) electrons. The van der Waals surface area contributed by atoms with E-state index in [1.165, 1.54) is 4.98 Å². The first-order valence-corrected chi connectivity index (χ1v) is 3.85. The Labute approximate surface area is 84.9 Å². The zero-order valence-corrected chi connectivity index (χ0v) is 7.44. The Morgan fingerprint density at radius 3 is 2.25 bits per heavy atom. The standard InChI is InChI=1S/C8H4F5NO2/c9-6(10)5-3(2-15)1-4(7(16)14-5)8(11,12)13/h1-2,6H,(H,14,16). The van der Waals surface area contributed by atoms with E-state index in [1.807, 2.05) is 0 Å². The number of nitrogens with one attached hydrogen (secondary N) is 1. The number of aromatic amines is 1. The molecule has 8 heteroatoms. The van der Waals surface area contributed by atoms with Crippen LogP contribution in [-0.2, 0) is 6.18 Å². The van der Waals surface area contributed by atoms with Crippen molar-refractivity contribution < 1.29 is 26.7 Å². The summed E-state index contributed by atoms with van der Waals surface area (Å²) in [5.41, 5.74) is -5.39. The number of carbonyl (C=O) groups excluding carboxylic acids is 1. The number of carbonyl (C=O) groups is 1. The Bertz CT molecular complexity index is 462. The van der Waals surface area contributed by atoms with Gasteiger partial charge in [-0.25, -0.2) is 8.78 Å². The van der Waals surface area contributed by atoms with Gasteiger partial charge in [0.25, 0.3) is 12.0 Å². The smallest absolute Gasteiger partial charge is 0.320 e. The van der Waals surface area contributed by atoms with E-state index in [-0.39, 0.29) is 12.4 Å². The van der Waals surface area contributed by atoms with E-state index in [1.54, 1.807) is 0 Å². The van der Waals surface area contributed by atoms with Gasteiger partial charge in [-0.1, -0.05) is 0 Å². The highest BCUT2D eigenvalue weighted by Gasteiger charge is 2.35. The Balaban J connectivity index is 3.50. The van der Waals surface area contributed by atoms with Crippen molar-refractivity contribution in [3.8, 4) is 0 Å². The lowest BCUT2D eigenvalue weighted by Gasteiger charge is -2.08. The van der Waals surface area contributed by atoms with Crippen molar-refractivity contribution in [2.24, 2.45) is 0 Å². The number of alkyl halides is 5. The van der Waals surface area contributed by atoms with Gasteiger partial charge in [0.15, 0.2) is 6.29 Å². The first kappa shape index (κ1) is 12.3. The topological polar surface area (TPSA) is 49.9 Å². The molecule has 0 saturated heterocycles. The molecule has 0 aliphatic carbocycles. The van der Waals surface area contributed by atoms with Crippen LogP contribution in [0, 0.1) is 0 Å². The third-order valence-electron chi connectivity index (χ3n) is 1.75.